The highest BCUT2D eigenvalue weighted by Crippen LogP contribution is 2.16. The Labute approximate surface area is 185 Å². The Morgan fingerprint density at radius 2 is 1.59 bits per heavy atom. The molecule has 0 fully saturated rings. The number of carbonyl (C=O) groups excluding carboxylic acids is 1. The average Bonchev–Trinajstić information content (AvgIpc) is 2.82. The van der Waals surface area contributed by atoms with Crippen LogP contribution in [0, 0.1) is 10.1 Å². The van der Waals surface area contributed by atoms with Crippen LogP contribution in [0.2, 0.25) is 0 Å². The molecular formula is C24H23N3O5. The smallest absolute Gasteiger partial charge is 0.271 e. The maximum atomic E-state index is 12.2. The van der Waals surface area contributed by atoms with E-state index in [0.29, 0.717) is 24.5 Å². The van der Waals surface area contributed by atoms with E-state index in [1.165, 1.54) is 18.3 Å². The molecule has 164 valence electrons. The molecule has 0 bridgehead atoms. The fraction of sp³-hybridized carbons (Fsp3) is 0.167. The Morgan fingerprint density at radius 3 is 2.22 bits per heavy atom. The van der Waals surface area contributed by atoms with Crippen molar-refractivity contribution in [3.05, 3.63) is 99.6 Å². The molecule has 1 N–H and O–H groups in total. The van der Waals surface area contributed by atoms with E-state index < -0.39 is 4.92 Å². The second-order valence-corrected chi connectivity index (χ2v) is 6.85. The van der Waals surface area contributed by atoms with Gasteiger partial charge in [-0.1, -0.05) is 6.92 Å². The minimum atomic E-state index is -0.438. The van der Waals surface area contributed by atoms with Gasteiger partial charge in [0.15, 0.2) is 0 Å². The molecule has 3 rings (SSSR count). The average molecular weight is 433 g/mol. The van der Waals surface area contributed by atoms with Crippen molar-refractivity contribution in [1.82, 2.24) is 5.43 Å². The van der Waals surface area contributed by atoms with Crippen molar-refractivity contribution in [2.24, 2.45) is 5.10 Å². The van der Waals surface area contributed by atoms with Gasteiger partial charge >= 0.3 is 0 Å². The van der Waals surface area contributed by atoms with E-state index in [2.05, 4.69) is 10.5 Å². The molecule has 32 heavy (non-hydrogen) atoms. The van der Waals surface area contributed by atoms with E-state index in [1.807, 2.05) is 6.92 Å². The van der Waals surface area contributed by atoms with Gasteiger partial charge in [0, 0.05) is 17.7 Å². The molecule has 0 saturated carbocycles. The molecule has 0 heterocycles. The van der Waals surface area contributed by atoms with Crippen LogP contribution in [0.25, 0.3) is 0 Å². The highest BCUT2D eigenvalue weighted by molar-refractivity contribution is 5.95. The van der Waals surface area contributed by atoms with Crippen LogP contribution in [0.4, 0.5) is 5.69 Å². The lowest BCUT2D eigenvalue weighted by Gasteiger charge is -2.06. The number of amides is 1. The second-order valence-electron chi connectivity index (χ2n) is 6.85. The summed E-state index contributed by atoms with van der Waals surface area (Å²) >= 11 is 0. The van der Waals surface area contributed by atoms with Crippen molar-refractivity contribution in [2.75, 3.05) is 6.61 Å². The third-order valence-electron chi connectivity index (χ3n) is 4.40. The summed E-state index contributed by atoms with van der Waals surface area (Å²) < 4.78 is 11.2. The molecule has 0 aliphatic heterocycles. The van der Waals surface area contributed by atoms with Crippen molar-refractivity contribution < 1.29 is 19.2 Å². The van der Waals surface area contributed by atoms with Crippen LogP contribution in [0.15, 0.2) is 77.9 Å². The second kappa shape index (κ2) is 11.3. The predicted molar refractivity (Wildman–Crippen MR) is 121 cm³/mol. The summed E-state index contributed by atoms with van der Waals surface area (Å²) in [6.07, 6.45) is 2.46. The summed E-state index contributed by atoms with van der Waals surface area (Å²) in [6.45, 7) is 2.96. The van der Waals surface area contributed by atoms with Crippen molar-refractivity contribution in [3.8, 4) is 11.5 Å². The van der Waals surface area contributed by atoms with E-state index in [0.717, 1.165) is 23.3 Å². The lowest BCUT2D eigenvalue weighted by Crippen LogP contribution is -2.17. The van der Waals surface area contributed by atoms with Gasteiger partial charge in [-0.3, -0.25) is 14.9 Å². The molecule has 3 aromatic carbocycles. The number of carbonyl (C=O) groups is 1. The van der Waals surface area contributed by atoms with Gasteiger partial charge in [-0.2, -0.15) is 5.10 Å². The zero-order chi connectivity index (χ0) is 22.8. The highest BCUT2D eigenvalue weighted by atomic mass is 16.6. The summed E-state index contributed by atoms with van der Waals surface area (Å²) in [5.41, 5.74) is 4.64. The fourth-order valence-corrected chi connectivity index (χ4v) is 2.68. The van der Waals surface area contributed by atoms with Gasteiger partial charge in [0.1, 0.15) is 18.1 Å². The van der Waals surface area contributed by atoms with Crippen LogP contribution < -0.4 is 14.9 Å². The van der Waals surface area contributed by atoms with Crippen LogP contribution >= 0.6 is 0 Å². The minimum absolute atomic E-state index is 0.0440. The first-order chi connectivity index (χ1) is 15.5. The van der Waals surface area contributed by atoms with Crippen LogP contribution in [0.1, 0.15) is 34.8 Å². The van der Waals surface area contributed by atoms with Crippen molar-refractivity contribution in [2.45, 2.75) is 20.0 Å². The zero-order valence-corrected chi connectivity index (χ0v) is 17.6. The lowest BCUT2D eigenvalue weighted by molar-refractivity contribution is -0.384. The van der Waals surface area contributed by atoms with Gasteiger partial charge in [-0.25, -0.2) is 5.43 Å². The van der Waals surface area contributed by atoms with E-state index in [9.17, 15) is 14.9 Å². The summed E-state index contributed by atoms with van der Waals surface area (Å²) in [7, 11) is 0. The first-order valence-corrected chi connectivity index (χ1v) is 10.1. The molecule has 3 aromatic rings. The van der Waals surface area contributed by atoms with E-state index in [-0.39, 0.29) is 11.6 Å². The Balaban J connectivity index is 1.47. The number of nitrogens with one attached hydrogen (secondary N) is 1. The number of nitro groups is 1. The number of benzene rings is 3. The molecule has 0 atom stereocenters. The number of hydrazone groups is 1. The standard InChI is InChI=1S/C24H23N3O5/c1-2-15-31-22-13-7-20(8-14-22)24(28)26-25-16-18-5-11-23(12-6-18)32-17-19-3-9-21(10-4-19)27(29)30/h3-14,16H,2,15,17H2,1H3,(H,26,28)/b25-16-. The maximum Gasteiger partial charge on any atom is 0.271 e. The van der Waals surface area contributed by atoms with Crippen molar-refractivity contribution in [3.63, 3.8) is 0 Å². The van der Waals surface area contributed by atoms with Gasteiger partial charge in [-0.15, -0.1) is 0 Å². The molecule has 0 unspecified atom stereocenters. The Kier molecular flexibility index (Phi) is 7.91. The number of hydrogen-bond acceptors (Lipinski definition) is 6. The maximum absolute atomic E-state index is 12.2. The summed E-state index contributed by atoms with van der Waals surface area (Å²) in [5, 5.41) is 14.7. The third-order valence-corrected chi connectivity index (χ3v) is 4.40. The van der Waals surface area contributed by atoms with E-state index in [1.54, 1.807) is 60.7 Å². The Bertz CT molecular complexity index is 1060. The topological polar surface area (TPSA) is 103 Å². The van der Waals surface area contributed by atoms with E-state index in [4.69, 9.17) is 9.47 Å². The SMILES string of the molecule is CCCOc1ccc(C(=O)N/N=C\c2ccc(OCc3ccc([N+](=O)[O-])cc3)cc2)cc1. The fourth-order valence-electron chi connectivity index (χ4n) is 2.68. The van der Waals surface area contributed by atoms with Gasteiger partial charge < -0.3 is 9.47 Å². The molecule has 1 amide bonds. The molecular weight excluding hydrogens is 410 g/mol. The first-order valence-electron chi connectivity index (χ1n) is 10.1. The van der Waals surface area contributed by atoms with Crippen LogP contribution in [0.3, 0.4) is 0 Å². The Morgan fingerprint density at radius 1 is 0.969 bits per heavy atom. The zero-order valence-electron chi connectivity index (χ0n) is 17.6. The largest absolute Gasteiger partial charge is 0.494 e. The normalized spacial score (nSPS) is 10.7. The monoisotopic (exact) mass is 433 g/mol. The minimum Gasteiger partial charge on any atom is -0.494 e. The molecule has 0 radical (unpaired) electrons. The molecule has 8 heteroatoms. The number of nitrogens with zero attached hydrogens (tertiary/aromatic N) is 2. The van der Waals surface area contributed by atoms with Gasteiger partial charge in [0.25, 0.3) is 11.6 Å². The molecule has 0 aliphatic rings. The first kappa shape index (κ1) is 22.5. The summed E-state index contributed by atoms with van der Waals surface area (Å²) in [4.78, 5) is 22.4. The molecule has 0 spiro atoms. The van der Waals surface area contributed by atoms with Gasteiger partial charge in [0.05, 0.1) is 17.7 Å². The van der Waals surface area contributed by atoms with Crippen molar-refractivity contribution in [1.29, 1.82) is 0 Å². The quantitative estimate of drug-likeness (QED) is 0.283. The van der Waals surface area contributed by atoms with E-state index >= 15 is 0 Å². The number of non-ortho nitro benzene ring substituents is 1. The number of ether oxygens (including phenoxy) is 2. The summed E-state index contributed by atoms with van der Waals surface area (Å²) in [5.74, 6) is 1.06. The van der Waals surface area contributed by atoms with Crippen LogP contribution in [-0.2, 0) is 6.61 Å². The molecule has 8 nitrogen and oxygen atoms in total. The van der Waals surface area contributed by atoms with Gasteiger partial charge in [0.2, 0.25) is 0 Å². The highest BCUT2D eigenvalue weighted by Gasteiger charge is 2.05. The van der Waals surface area contributed by atoms with Crippen molar-refractivity contribution >= 4 is 17.8 Å². The summed E-state index contributed by atoms with van der Waals surface area (Å²) in [6, 6.07) is 20.3. The predicted octanol–water partition coefficient (Wildman–Crippen LogP) is 4.73. The molecule has 0 saturated heterocycles. The molecule has 0 aliphatic carbocycles. The Hall–Kier alpha value is -4.20. The number of rotatable bonds is 10. The third kappa shape index (κ3) is 6.66. The van der Waals surface area contributed by atoms with Crippen LogP contribution in [0.5, 0.6) is 11.5 Å². The van der Waals surface area contributed by atoms with Crippen LogP contribution in [-0.4, -0.2) is 23.7 Å². The number of nitro benzene ring substituents is 1. The van der Waals surface area contributed by atoms with Gasteiger partial charge in [-0.05, 0) is 78.2 Å². The molecule has 0 aromatic heterocycles. The lowest BCUT2D eigenvalue weighted by atomic mass is 10.2. The number of hydrogen-bond donors (Lipinski definition) is 1.